The molecule has 0 aliphatic heterocycles. The molecule has 5 atom stereocenters. The summed E-state index contributed by atoms with van der Waals surface area (Å²) in [5, 5.41) is 0. The fraction of sp³-hybridized carbons (Fsp3) is 0.792. The Morgan fingerprint density at radius 1 is 1.31 bits per heavy atom. The van der Waals surface area contributed by atoms with Gasteiger partial charge in [0.15, 0.2) is 0 Å². The Labute approximate surface area is 160 Å². The predicted molar refractivity (Wildman–Crippen MR) is 108 cm³/mol. The standard InChI is InChI=1S/C24H38O2/c1-6-22(2)16-12-19-18(17-22)10-11-20-23(3,13-7-9-21(25)26-5)14-8-15-24(19,20)4/h6,12,18,20H,1,7-11,13-17H2,2-5H3/t18?,20?,22-,23+,24-/m0/s1. The lowest BCUT2D eigenvalue weighted by molar-refractivity contribution is -0.141. The van der Waals surface area contributed by atoms with Crippen molar-refractivity contribution in [3.05, 3.63) is 24.3 Å². The van der Waals surface area contributed by atoms with Crippen molar-refractivity contribution in [2.24, 2.45) is 28.1 Å². The summed E-state index contributed by atoms with van der Waals surface area (Å²) >= 11 is 0. The van der Waals surface area contributed by atoms with Gasteiger partial charge in [0.05, 0.1) is 7.11 Å². The molecule has 0 aromatic heterocycles. The maximum absolute atomic E-state index is 11.5. The molecule has 2 unspecified atom stereocenters. The largest absolute Gasteiger partial charge is 0.469 e. The number of esters is 1. The average molecular weight is 359 g/mol. The predicted octanol–water partition coefficient (Wildman–Crippen LogP) is 6.46. The highest BCUT2D eigenvalue weighted by Gasteiger charge is 2.54. The van der Waals surface area contributed by atoms with E-state index < -0.39 is 0 Å². The van der Waals surface area contributed by atoms with Gasteiger partial charge in [0.1, 0.15) is 0 Å². The van der Waals surface area contributed by atoms with Crippen molar-refractivity contribution in [1.29, 1.82) is 0 Å². The van der Waals surface area contributed by atoms with Gasteiger partial charge in [-0.15, -0.1) is 6.58 Å². The van der Waals surface area contributed by atoms with Gasteiger partial charge in [0, 0.05) is 6.42 Å². The van der Waals surface area contributed by atoms with E-state index in [1.165, 1.54) is 45.6 Å². The zero-order valence-electron chi connectivity index (χ0n) is 17.4. The minimum atomic E-state index is -0.0606. The lowest BCUT2D eigenvalue weighted by atomic mass is 9.45. The number of carbonyl (C=O) groups excluding carboxylic acids is 1. The summed E-state index contributed by atoms with van der Waals surface area (Å²) in [4.78, 5) is 11.5. The summed E-state index contributed by atoms with van der Waals surface area (Å²) in [6.45, 7) is 11.5. The molecule has 0 aromatic carbocycles. The summed E-state index contributed by atoms with van der Waals surface area (Å²) in [5.74, 6) is 1.46. The van der Waals surface area contributed by atoms with Gasteiger partial charge in [-0.1, -0.05) is 44.9 Å². The molecule has 0 radical (unpaired) electrons. The quantitative estimate of drug-likeness (QED) is 0.416. The third kappa shape index (κ3) is 3.41. The second kappa shape index (κ2) is 7.17. The van der Waals surface area contributed by atoms with Crippen LogP contribution in [-0.4, -0.2) is 13.1 Å². The summed E-state index contributed by atoms with van der Waals surface area (Å²) < 4.78 is 4.84. The molecule has 2 nitrogen and oxygen atoms in total. The highest BCUT2D eigenvalue weighted by atomic mass is 16.5. The number of fused-ring (bicyclic) bond motifs is 3. The van der Waals surface area contributed by atoms with E-state index >= 15 is 0 Å². The summed E-state index contributed by atoms with van der Waals surface area (Å²) in [6, 6.07) is 0. The van der Waals surface area contributed by atoms with Gasteiger partial charge in [-0.2, -0.15) is 0 Å². The highest BCUT2D eigenvalue weighted by molar-refractivity contribution is 5.69. The fourth-order valence-electron chi connectivity index (χ4n) is 6.78. The molecule has 0 aromatic rings. The van der Waals surface area contributed by atoms with Crippen LogP contribution in [0, 0.1) is 28.1 Å². The third-order valence-corrected chi connectivity index (χ3v) is 8.31. The van der Waals surface area contributed by atoms with Crippen LogP contribution < -0.4 is 0 Å². The molecule has 146 valence electrons. The SMILES string of the molecule is C=C[C@@]1(C)CC=C2C(CCC3[C@](C)(CCCC(=O)OC)CCC[C@@]23C)C1. The van der Waals surface area contributed by atoms with E-state index in [4.69, 9.17) is 4.74 Å². The molecule has 0 spiro atoms. The Morgan fingerprint density at radius 3 is 2.77 bits per heavy atom. The van der Waals surface area contributed by atoms with Crippen molar-refractivity contribution >= 4 is 5.97 Å². The van der Waals surface area contributed by atoms with Gasteiger partial charge in [-0.25, -0.2) is 0 Å². The smallest absolute Gasteiger partial charge is 0.305 e. The van der Waals surface area contributed by atoms with E-state index in [2.05, 4.69) is 39.5 Å². The van der Waals surface area contributed by atoms with E-state index in [0.717, 1.165) is 31.1 Å². The second-order valence-electron chi connectivity index (χ2n) is 10.1. The van der Waals surface area contributed by atoms with Crippen LogP contribution >= 0.6 is 0 Å². The Balaban J connectivity index is 1.79. The lowest BCUT2D eigenvalue weighted by Crippen LogP contribution is -2.50. The fourth-order valence-corrected chi connectivity index (χ4v) is 6.78. The van der Waals surface area contributed by atoms with Gasteiger partial charge in [0.2, 0.25) is 0 Å². The third-order valence-electron chi connectivity index (χ3n) is 8.31. The maximum Gasteiger partial charge on any atom is 0.305 e. The van der Waals surface area contributed by atoms with E-state index in [1.807, 2.05) is 0 Å². The van der Waals surface area contributed by atoms with Crippen molar-refractivity contribution in [2.45, 2.75) is 85.0 Å². The van der Waals surface area contributed by atoms with Gasteiger partial charge in [0.25, 0.3) is 0 Å². The molecular formula is C24H38O2. The maximum atomic E-state index is 11.5. The van der Waals surface area contributed by atoms with Crippen LogP contribution in [0.3, 0.4) is 0 Å². The van der Waals surface area contributed by atoms with Gasteiger partial charge in [-0.05, 0) is 79.4 Å². The minimum absolute atomic E-state index is 0.0606. The van der Waals surface area contributed by atoms with Crippen LogP contribution in [0.4, 0.5) is 0 Å². The van der Waals surface area contributed by atoms with Crippen LogP contribution in [0.2, 0.25) is 0 Å². The second-order valence-corrected chi connectivity index (χ2v) is 10.1. The Bertz CT molecular complexity index is 591. The molecule has 26 heavy (non-hydrogen) atoms. The Hall–Kier alpha value is -1.05. The van der Waals surface area contributed by atoms with Crippen molar-refractivity contribution in [2.75, 3.05) is 7.11 Å². The van der Waals surface area contributed by atoms with Crippen molar-refractivity contribution in [3.63, 3.8) is 0 Å². The molecule has 0 saturated heterocycles. The first-order valence-electron chi connectivity index (χ1n) is 10.7. The zero-order valence-corrected chi connectivity index (χ0v) is 17.4. The van der Waals surface area contributed by atoms with E-state index in [0.29, 0.717) is 17.3 Å². The molecule has 0 bridgehead atoms. The Morgan fingerprint density at radius 2 is 2.08 bits per heavy atom. The van der Waals surface area contributed by atoms with Crippen LogP contribution in [-0.2, 0) is 9.53 Å². The van der Waals surface area contributed by atoms with Crippen LogP contribution in [0.25, 0.3) is 0 Å². The molecule has 3 aliphatic carbocycles. The Kier molecular flexibility index (Phi) is 5.43. The lowest BCUT2D eigenvalue weighted by Gasteiger charge is -2.59. The molecule has 0 N–H and O–H groups in total. The first-order valence-corrected chi connectivity index (χ1v) is 10.7. The first-order chi connectivity index (χ1) is 12.3. The number of hydrogen-bond acceptors (Lipinski definition) is 2. The number of rotatable bonds is 5. The summed E-state index contributed by atoms with van der Waals surface area (Å²) in [7, 11) is 1.50. The number of methoxy groups -OCH3 is 1. The van der Waals surface area contributed by atoms with Crippen LogP contribution in [0.15, 0.2) is 24.3 Å². The number of hydrogen-bond donors (Lipinski definition) is 0. The normalized spacial score (nSPS) is 42.2. The zero-order chi connectivity index (χ0) is 19.0. The monoisotopic (exact) mass is 358 g/mol. The van der Waals surface area contributed by atoms with Gasteiger partial charge < -0.3 is 4.74 Å². The molecule has 3 rings (SSSR count). The summed E-state index contributed by atoms with van der Waals surface area (Å²) in [5.41, 5.74) is 2.79. The molecular weight excluding hydrogens is 320 g/mol. The number of allylic oxidation sites excluding steroid dienone is 3. The van der Waals surface area contributed by atoms with Crippen molar-refractivity contribution in [1.82, 2.24) is 0 Å². The average Bonchev–Trinajstić information content (AvgIpc) is 2.61. The topological polar surface area (TPSA) is 26.3 Å². The molecule has 2 saturated carbocycles. The molecule has 0 heterocycles. The van der Waals surface area contributed by atoms with Gasteiger partial charge >= 0.3 is 5.97 Å². The molecule has 3 aliphatic rings. The number of ether oxygens (including phenoxy) is 1. The van der Waals surface area contributed by atoms with E-state index in [9.17, 15) is 4.79 Å². The molecule has 0 amide bonds. The van der Waals surface area contributed by atoms with Crippen LogP contribution in [0.1, 0.15) is 85.0 Å². The van der Waals surface area contributed by atoms with E-state index in [1.54, 1.807) is 5.57 Å². The summed E-state index contributed by atoms with van der Waals surface area (Å²) in [6.07, 6.45) is 16.6. The van der Waals surface area contributed by atoms with E-state index in [-0.39, 0.29) is 11.4 Å². The molecule has 2 fully saturated rings. The molecule has 2 heteroatoms. The van der Waals surface area contributed by atoms with Gasteiger partial charge in [-0.3, -0.25) is 4.79 Å². The number of carbonyl (C=O) groups is 1. The van der Waals surface area contributed by atoms with Crippen molar-refractivity contribution < 1.29 is 9.53 Å². The first kappa shape index (κ1) is 19.7. The van der Waals surface area contributed by atoms with Crippen molar-refractivity contribution in [3.8, 4) is 0 Å². The highest BCUT2D eigenvalue weighted by Crippen LogP contribution is 2.64. The minimum Gasteiger partial charge on any atom is -0.469 e. The van der Waals surface area contributed by atoms with Crippen LogP contribution in [0.5, 0.6) is 0 Å².